The number of aryl methyl sites for hydroxylation is 1. The van der Waals surface area contributed by atoms with Crippen molar-refractivity contribution in [1.82, 2.24) is 4.98 Å². The molecule has 4 nitrogen and oxygen atoms in total. The van der Waals surface area contributed by atoms with Crippen molar-refractivity contribution in [2.24, 2.45) is 0 Å². The highest BCUT2D eigenvalue weighted by atomic mass is 16.5. The lowest BCUT2D eigenvalue weighted by atomic mass is 9.75. The maximum atomic E-state index is 13.0. The standard InChI is InChI=1S/C16H21NO3/c1-19-16(7-10-20-11-8-16)15(18)13-6-2-4-12-5-3-9-17-14(12)13/h3,5,9,13H,2,4,6-8,10-11H2,1H3. The smallest absolute Gasteiger partial charge is 0.173 e. The van der Waals surface area contributed by atoms with Gasteiger partial charge in [-0.05, 0) is 30.9 Å². The van der Waals surface area contributed by atoms with E-state index in [2.05, 4.69) is 11.1 Å². The molecule has 1 aromatic heterocycles. The first-order valence-corrected chi connectivity index (χ1v) is 7.38. The van der Waals surface area contributed by atoms with Crippen molar-refractivity contribution >= 4 is 5.78 Å². The van der Waals surface area contributed by atoms with Gasteiger partial charge in [0, 0.05) is 39.4 Å². The Hall–Kier alpha value is -1.26. The molecule has 1 unspecified atom stereocenters. The maximum absolute atomic E-state index is 13.0. The molecule has 1 saturated heterocycles. The Morgan fingerprint density at radius 1 is 1.45 bits per heavy atom. The molecule has 1 fully saturated rings. The Bertz CT molecular complexity index is 494. The summed E-state index contributed by atoms with van der Waals surface area (Å²) in [7, 11) is 1.64. The van der Waals surface area contributed by atoms with Crippen LogP contribution in [0.25, 0.3) is 0 Å². The van der Waals surface area contributed by atoms with Crippen LogP contribution in [-0.4, -0.2) is 36.7 Å². The van der Waals surface area contributed by atoms with Crippen LogP contribution >= 0.6 is 0 Å². The van der Waals surface area contributed by atoms with E-state index in [1.54, 1.807) is 13.3 Å². The molecule has 0 aromatic carbocycles. The first kappa shape index (κ1) is 13.7. The molecule has 0 amide bonds. The molecule has 1 atom stereocenters. The molecule has 0 radical (unpaired) electrons. The second kappa shape index (κ2) is 5.62. The number of pyridine rings is 1. The fourth-order valence-electron chi connectivity index (χ4n) is 3.43. The predicted octanol–water partition coefficient (Wildman–Crippen LogP) is 2.27. The lowest BCUT2D eigenvalue weighted by Crippen LogP contribution is -2.48. The molecule has 0 spiro atoms. The zero-order chi connectivity index (χ0) is 14.0. The van der Waals surface area contributed by atoms with Crippen molar-refractivity contribution < 1.29 is 14.3 Å². The minimum Gasteiger partial charge on any atom is -0.381 e. The summed E-state index contributed by atoms with van der Waals surface area (Å²) in [6.45, 7) is 1.20. The number of fused-ring (bicyclic) bond motifs is 1. The van der Waals surface area contributed by atoms with Crippen molar-refractivity contribution in [1.29, 1.82) is 0 Å². The molecule has 0 bridgehead atoms. The van der Waals surface area contributed by atoms with E-state index in [1.165, 1.54) is 5.56 Å². The monoisotopic (exact) mass is 275 g/mol. The van der Waals surface area contributed by atoms with Crippen LogP contribution in [-0.2, 0) is 20.7 Å². The van der Waals surface area contributed by atoms with Crippen molar-refractivity contribution in [2.45, 2.75) is 43.6 Å². The summed E-state index contributed by atoms with van der Waals surface area (Å²) >= 11 is 0. The highest BCUT2D eigenvalue weighted by Crippen LogP contribution is 2.37. The predicted molar refractivity (Wildman–Crippen MR) is 74.7 cm³/mol. The van der Waals surface area contributed by atoms with Crippen LogP contribution in [0.4, 0.5) is 0 Å². The van der Waals surface area contributed by atoms with E-state index in [4.69, 9.17) is 9.47 Å². The van der Waals surface area contributed by atoms with E-state index in [9.17, 15) is 4.79 Å². The van der Waals surface area contributed by atoms with Crippen molar-refractivity contribution in [3.8, 4) is 0 Å². The molecule has 0 saturated carbocycles. The van der Waals surface area contributed by atoms with Crippen LogP contribution in [0.5, 0.6) is 0 Å². The number of carbonyl (C=O) groups excluding carboxylic acids is 1. The van der Waals surface area contributed by atoms with Gasteiger partial charge in [-0.2, -0.15) is 0 Å². The van der Waals surface area contributed by atoms with Gasteiger partial charge in [0.15, 0.2) is 5.78 Å². The number of aromatic nitrogens is 1. The van der Waals surface area contributed by atoms with Gasteiger partial charge in [-0.25, -0.2) is 0 Å². The maximum Gasteiger partial charge on any atom is 0.173 e. The molecular weight excluding hydrogens is 254 g/mol. The van der Waals surface area contributed by atoms with E-state index in [0.29, 0.717) is 26.1 Å². The molecule has 1 aliphatic carbocycles. The van der Waals surface area contributed by atoms with Gasteiger partial charge in [0.25, 0.3) is 0 Å². The zero-order valence-electron chi connectivity index (χ0n) is 11.9. The van der Waals surface area contributed by atoms with Crippen LogP contribution in [0, 0.1) is 0 Å². The number of ketones is 1. The number of nitrogens with zero attached hydrogens (tertiary/aromatic N) is 1. The lowest BCUT2D eigenvalue weighted by molar-refractivity contribution is -0.154. The van der Waals surface area contributed by atoms with Gasteiger partial charge in [0.1, 0.15) is 5.60 Å². The number of Topliss-reactive ketones (excluding diaryl/α,β-unsaturated/α-hetero) is 1. The van der Waals surface area contributed by atoms with E-state index < -0.39 is 5.60 Å². The van der Waals surface area contributed by atoms with Crippen LogP contribution in [0.3, 0.4) is 0 Å². The van der Waals surface area contributed by atoms with Gasteiger partial charge in [-0.3, -0.25) is 9.78 Å². The quantitative estimate of drug-likeness (QED) is 0.849. The Balaban J connectivity index is 1.91. The fraction of sp³-hybridized carbons (Fsp3) is 0.625. The molecule has 2 aliphatic rings. The zero-order valence-corrected chi connectivity index (χ0v) is 11.9. The minimum atomic E-state index is -0.672. The average molecular weight is 275 g/mol. The summed E-state index contributed by atoms with van der Waals surface area (Å²) in [6, 6.07) is 4.04. The SMILES string of the molecule is COC1(C(=O)C2CCCc3cccnc32)CCOCC1. The Labute approximate surface area is 119 Å². The topological polar surface area (TPSA) is 48.4 Å². The van der Waals surface area contributed by atoms with Gasteiger partial charge >= 0.3 is 0 Å². The van der Waals surface area contributed by atoms with E-state index in [-0.39, 0.29) is 11.7 Å². The molecular formula is C16H21NO3. The molecule has 1 aromatic rings. The lowest BCUT2D eigenvalue weighted by Gasteiger charge is -2.38. The number of hydrogen-bond acceptors (Lipinski definition) is 4. The third-order valence-electron chi connectivity index (χ3n) is 4.65. The number of ether oxygens (including phenoxy) is 2. The minimum absolute atomic E-state index is 0.113. The first-order chi connectivity index (χ1) is 9.77. The highest BCUT2D eigenvalue weighted by molar-refractivity contribution is 5.93. The average Bonchev–Trinajstić information content (AvgIpc) is 2.54. The third kappa shape index (κ3) is 2.27. The van der Waals surface area contributed by atoms with Crippen LogP contribution in [0.2, 0.25) is 0 Å². The van der Waals surface area contributed by atoms with Gasteiger partial charge in [-0.15, -0.1) is 0 Å². The molecule has 0 N–H and O–H groups in total. The summed E-state index contributed by atoms with van der Waals surface area (Å²) in [4.78, 5) is 17.5. The summed E-state index contributed by atoms with van der Waals surface area (Å²) < 4.78 is 11.0. The van der Waals surface area contributed by atoms with Crippen LogP contribution in [0.1, 0.15) is 42.9 Å². The summed E-state index contributed by atoms with van der Waals surface area (Å²) in [5, 5.41) is 0. The number of hydrogen-bond donors (Lipinski definition) is 0. The molecule has 108 valence electrons. The number of rotatable bonds is 3. The van der Waals surface area contributed by atoms with Gasteiger partial charge in [-0.1, -0.05) is 6.07 Å². The summed E-state index contributed by atoms with van der Waals surface area (Å²) in [6.07, 6.45) is 6.05. The Morgan fingerprint density at radius 2 is 2.25 bits per heavy atom. The van der Waals surface area contributed by atoms with E-state index in [0.717, 1.165) is 25.0 Å². The fourth-order valence-corrected chi connectivity index (χ4v) is 3.43. The van der Waals surface area contributed by atoms with Crippen LogP contribution in [0.15, 0.2) is 18.3 Å². The van der Waals surface area contributed by atoms with E-state index >= 15 is 0 Å². The molecule has 1 aliphatic heterocycles. The van der Waals surface area contributed by atoms with E-state index in [1.807, 2.05) is 6.07 Å². The van der Waals surface area contributed by atoms with Crippen molar-refractivity contribution in [2.75, 3.05) is 20.3 Å². The van der Waals surface area contributed by atoms with Crippen molar-refractivity contribution in [3.63, 3.8) is 0 Å². The normalized spacial score (nSPS) is 24.9. The van der Waals surface area contributed by atoms with Gasteiger partial charge in [0.05, 0.1) is 11.6 Å². The van der Waals surface area contributed by atoms with Crippen molar-refractivity contribution in [3.05, 3.63) is 29.6 Å². The van der Waals surface area contributed by atoms with Crippen LogP contribution < -0.4 is 0 Å². The largest absolute Gasteiger partial charge is 0.381 e. The second-order valence-electron chi connectivity index (χ2n) is 5.67. The second-order valence-corrected chi connectivity index (χ2v) is 5.67. The molecule has 20 heavy (non-hydrogen) atoms. The molecule has 2 heterocycles. The Kier molecular flexibility index (Phi) is 3.85. The van der Waals surface area contributed by atoms with Gasteiger partial charge in [0.2, 0.25) is 0 Å². The summed E-state index contributed by atoms with van der Waals surface area (Å²) in [5.41, 5.74) is 1.51. The molecule has 4 heteroatoms. The highest BCUT2D eigenvalue weighted by Gasteiger charge is 2.45. The number of carbonyl (C=O) groups is 1. The first-order valence-electron chi connectivity index (χ1n) is 7.38. The van der Waals surface area contributed by atoms with Gasteiger partial charge < -0.3 is 9.47 Å². The molecule has 3 rings (SSSR count). The summed E-state index contributed by atoms with van der Waals surface area (Å²) in [5.74, 6) is 0.0842. The third-order valence-corrected chi connectivity index (χ3v) is 4.65. The Morgan fingerprint density at radius 3 is 3.00 bits per heavy atom. The number of methoxy groups -OCH3 is 1.